The molecule has 1 aliphatic heterocycles. The summed E-state index contributed by atoms with van der Waals surface area (Å²) in [6, 6.07) is 23.7. The second kappa shape index (κ2) is 12.4. The number of carbonyl (C=O) groups excluding carboxylic acids is 1. The summed E-state index contributed by atoms with van der Waals surface area (Å²) in [4.78, 5) is 33.0. The number of fused-ring (bicyclic) bond motifs is 2. The van der Waals surface area contributed by atoms with E-state index in [1.54, 1.807) is 17.7 Å². The van der Waals surface area contributed by atoms with Crippen LogP contribution in [-0.2, 0) is 22.5 Å². The summed E-state index contributed by atoms with van der Waals surface area (Å²) in [5.74, 6) is 1.32. The number of nitrogens with zero attached hydrogens (tertiary/aromatic N) is 4. The van der Waals surface area contributed by atoms with Crippen molar-refractivity contribution >= 4 is 28.0 Å². The molecule has 0 aliphatic carbocycles. The fraction of sp³-hybridized carbons (Fsp3) is 0.382. The predicted octanol–water partition coefficient (Wildman–Crippen LogP) is 5.94. The van der Waals surface area contributed by atoms with Crippen molar-refractivity contribution < 1.29 is 13.9 Å². The van der Waals surface area contributed by atoms with Crippen LogP contribution in [-0.4, -0.2) is 51.7 Å². The van der Waals surface area contributed by atoms with Crippen molar-refractivity contribution in [1.29, 1.82) is 0 Å². The summed E-state index contributed by atoms with van der Waals surface area (Å²) >= 11 is 0. The van der Waals surface area contributed by atoms with E-state index in [1.165, 1.54) is 0 Å². The van der Waals surface area contributed by atoms with E-state index in [0.29, 0.717) is 25.2 Å². The van der Waals surface area contributed by atoms with Crippen molar-refractivity contribution in [2.45, 2.75) is 51.5 Å². The standard InChI is InChI=1S/C34H38N4O4/c1-24(21-25-14-16-27(17-15-25)38-30-12-5-6-13-31(30)42-34(38)40)22-32(39)36-18-7-9-26(23-36)33-35-28-10-3-4-11-29(28)37(33)19-8-20-41-2/h3-6,10-17,24,26H,7-9,18-23H2,1-2H3/t24-,26-/m1/s1. The number of hydrogen-bond donors (Lipinski definition) is 0. The van der Waals surface area contributed by atoms with Crippen LogP contribution >= 0.6 is 0 Å². The van der Waals surface area contributed by atoms with Crippen LogP contribution in [0.25, 0.3) is 27.8 Å². The van der Waals surface area contributed by atoms with E-state index in [4.69, 9.17) is 14.1 Å². The van der Waals surface area contributed by atoms with E-state index in [2.05, 4.69) is 29.7 Å². The molecule has 0 radical (unpaired) electrons. The van der Waals surface area contributed by atoms with Gasteiger partial charge in [0.2, 0.25) is 5.91 Å². The number of piperidine rings is 1. The van der Waals surface area contributed by atoms with Gasteiger partial charge in [0.25, 0.3) is 0 Å². The highest BCUT2D eigenvalue weighted by atomic mass is 16.5. The lowest BCUT2D eigenvalue weighted by Gasteiger charge is -2.33. The molecule has 8 heteroatoms. The topological polar surface area (TPSA) is 82.5 Å². The van der Waals surface area contributed by atoms with Crippen LogP contribution in [0.3, 0.4) is 0 Å². The highest BCUT2D eigenvalue weighted by Gasteiger charge is 2.29. The van der Waals surface area contributed by atoms with Crippen LogP contribution in [0.2, 0.25) is 0 Å². The van der Waals surface area contributed by atoms with Crippen LogP contribution in [0.4, 0.5) is 0 Å². The quantitative estimate of drug-likeness (QED) is 0.195. The Hall–Kier alpha value is -4.17. The normalized spacial score (nSPS) is 16.3. The van der Waals surface area contributed by atoms with Crippen LogP contribution in [0, 0.1) is 5.92 Å². The Morgan fingerprint density at radius 2 is 1.81 bits per heavy atom. The van der Waals surface area contributed by atoms with E-state index < -0.39 is 5.76 Å². The Kier molecular flexibility index (Phi) is 8.24. The summed E-state index contributed by atoms with van der Waals surface area (Å²) < 4.78 is 14.6. The van der Waals surface area contributed by atoms with Gasteiger partial charge in [-0.05, 0) is 73.6 Å². The zero-order chi connectivity index (χ0) is 29.1. The molecule has 2 atom stereocenters. The highest BCUT2D eigenvalue weighted by Crippen LogP contribution is 2.30. The number of carbonyl (C=O) groups is 1. The minimum atomic E-state index is -0.395. The first kappa shape index (κ1) is 28.0. The second-order valence-corrected chi connectivity index (χ2v) is 11.5. The van der Waals surface area contributed by atoms with E-state index in [9.17, 15) is 9.59 Å². The van der Waals surface area contributed by atoms with Crippen molar-refractivity contribution in [2.24, 2.45) is 5.92 Å². The van der Waals surface area contributed by atoms with E-state index in [-0.39, 0.29) is 17.7 Å². The van der Waals surface area contributed by atoms with Crippen LogP contribution in [0.15, 0.2) is 82.0 Å². The highest BCUT2D eigenvalue weighted by molar-refractivity contribution is 5.78. The van der Waals surface area contributed by atoms with E-state index in [0.717, 1.165) is 72.4 Å². The number of aromatic nitrogens is 3. The number of amides is 1. The van der Waals surface area contributed by atoms with Gasteiger partial charge < -0.3 is 18.6 Å². The van der Waals surface area contributed by atoms with Gasteiger partial charge in [-0.2, -0.15) is 0 Å². The first-order chi connectivity index (χ1) is 20.5. The third-order valence-electron chi connectivity index (χ3n) is 8.34. The fourth-order valence-electron chi connectivity index (χ4n) is 6.32. The zero-order valence-corrected chi connectivity index (χ0v) is 24.4. The smallest absolute Gasteiger partial charge is 0.407 e. The maximum atomic E-state index is 13.4. The molecule has 1 saturated heterocycles. The Morgan fingerprint density at radius 3 is 2.62 bits per heavy atom. The van der Waals surface area contributed by atoms with Gasteiger partial charge in [-0.25, -0.2) is 14.3 Å². The minimum absolute atomic E-state index is 0.194. The van der Waals surface area contributed by atoms with Gasteiger partial charge in [-0.3, -0.25) is 4.79 Å². The number of hydrogen-bond acceptors (Lipinski definition) is 5. The second-order valence-electron chi connectivity index (χ2n) is 11.5. The molecule has 0 N–H and O–H groups in total. The number of ether oxygens (including phenoxy) is 1. The molecule has 6 rings (SSSR count). The van der Waals surface area contributed by atoms with E-state index >= 15 is 0 Å². The molecule has 1 aliphatic rings. The number of methoxy groups -OCH3 is 1. The number of benzene rings is 3. The van der Waals surface area contributed by atoms with Gasteiger partial charge in [-0.15, -0.1) is 0 Å². The molecule has 8 nitrogen and oxygen atoms in total. The van der Waals surface area contributed by atoms with Crippen molar-refractivity contribution in [3.63, 3.8) is 0 Å². The molecule has 218 valence electrons. The van der Waals surface area contributed by atoms with Gasteiger partial charge in [0, 0.05) is 45.7 Å². The van der Waals surface area contributed by atoms with Crippen molar-refractivity contribution in [3.05, 3.63) is 94.7 Å². The number of aryl methyl sites for hydroxylation is 1. The first-order valence-electron chi connectivity index (χ1n) is 14.9. The lowest BCUT2D eigenvalue weighted by molar-refractivity contribution is -0.133. The Labute approximate surface area is 245 Å². The molecule has 1 fully saturated rings. The monoisotopic (exact) mass is 566 g/mol. The average Bonchev–Trinajstić information content (AvgIpc) is 3.55. The minimum Gasteiger partial charge on any atom is -0.407 e. The number of para-hydroxylation sites is 4. The van der Waals surface area contributed by atoms with Crippen molar-refractivity contribution in [3.8, 4) is 5.69 Å². The number of oxazole rings is 1. The zero-order valence-electron chi connectivity index (χ0n) is 24.4. The number of rotatable bonds is 10. The molecule has 1 amide bonds. The molecule has 5 aromatic rings. The lowest BCUT2D eigenvalue weighted by Crippen LogP contribution is -2.40. The maximum Gasteiger partial charge on any atom is 0.424 e. The largest absolute Gasteiger partial charge is 0.424 e. The summed E-state index contributed by atoms with van der Waals surface area (Å²) in [5.41, 5.74) is 5.39. The SMILES string of the molecule is COCCCn1c([C@@H]2CCCN(C(=O)C[C@H](C)Cc3ccc(-n4c(=O)oc5ccccc54)cc3)C2)nc2ccccc21. The molecule has 42 heavy (non-hydrogen) atoms. The first-order valence-corrected chi connectivity index (χ1v) is 14.9. The molecular formula is C34H38N4O4. The lowest BCUT2D eigenvalue weighted by atomic mass is 9.94. The van der Waals surface area contributed by atoms with E-state index in [1.807, 2.05) is 53.4 Å². The van der Waals surface area contributed by atoms with Gasteiger partial charge in [0.15, 0.2) is 5.58 Å². The molecule has 2 aromatic heterocycles. The summed E-state index contributed by atoms with van der Waals surface area (Å²) in [7, 11) is 1.74. The Balaban J connectivity index is 1.10. The maximum absolute atomic E-state index is 13.4. The molecule has 3 aromatic carbocycles. The molecule has 0 saturated carbocycles. The molecule has 3 heterocycles. The predicted molar refractivity (Wildman–Crippen MR) is 164 cm³/mol. The average molecular weight is 567 g/mol. The van der Waals surface area contributed by atoms with Crippen molar-refractivity contribution in [2.75, 3.05) is 26.8 Å². The molecule has 0 unspecified atom stereocenters. The van der Waals surface area contributed by atoms with Gasteiger partial charge in [0.1, 0.15) is 5.82 Å². The summed E-state index contributed by atoms with van der Waals surface area (Å²) in [6.45, 7) is 5.21. The number of imidazole rings is 1. The van der Waals surface area contributed by atoms with Gasteiger partial charge in [0.05, 0.1) is 22.2 Å². The van der Waals surface area contributed by atoms with Crippen LogP contribution < -0.4 is 5.76 Å². The van der Waals surface area contributed by atoms with Gasteiger partial charge in [-0.1, -0.05) is 43.3 Å². The molecule has 0 bridgehead atoms. The fourth-order valence-corrected chi connectivity index (χ4v) is 6.32. The molecular weight excluding hydrogens is 528 g/mol. The van der Waals surface area contributed by atoms with Crippen LogP contribution in [0.1, 0.15) is 49.9 Å². The molecule has 0 spiro atoms. The van der Waals surface area contributed by atoms with Crippen molar-refractivity contribution in [1.82, 2.24) is 19.0 Å². The summed E-state index contributed by atoms with van der Waals surface area (Å²) in [5, 5.41) is 0. The third kappa shape index (κ3) is 5.77. The van der Waals surface area contributed by atoms with Crippen LogP contribution in [0.5, 0.6) is 0 Å². The Bertz CT molecular complexity index is 1730. The summed E-state index contributed by atoms with van der Waals surface area (Å²) in [6.07, 6.45) is 4.24. The Morgan fingerprint density at radius 1 is 1.05 bits per heavy atom. The van der Waals surface area contributed by atoms with Gasteiger partial charge >= 0.3 is 5.76 Å². The number of likely N-dealkylation sites (tertiary alicyclic amines) is 1. The third-order valence-corrected chi connectivity index (χ3v) is 8.34.